The Morgan fingerprint density at radius 3 is 2.52 bits per heavy atom. The molecular formula is C21H23N5O3. The van der Waals surface area contributed by atoms with Gasteiger partial charge in [-0.15, -0.1) is 0 Å². The van der Waals surface area contributed by atoms with Gasteiger partial charge in [0.2, 0.25) is 5.88 Å². The summed E-state index contributed by atoms with van der Waals surface area (Å²) in [6, 6.07) is 12.2. The van der Waals surface area contributed by atoms with Gasteiger partial charge in [-0.1, -0.05) is 0 Å². The van der Waals surface area contributed by atoms with Crippen LogP contribution in [0.25, 0.3) is 16.9 Å². The lowest BCUT2D eigenvalue weighted by Gasteiger charge is -2.31. The zero-order chi connectivity index (χ0) is 20.4. The van der Waals surface area contributed by atoms with E-state index < -0.39 is 0 Å². The van der Waals surface area contributed by atoms with E-state index >= 15 is 0 Å². The Morgan fingerprint density at radius 1 is 1.10 bits per heavy atom. The maximum absolute atomic E-state index is 13.1. The molecule has 1 fully saturated rings. The van der Waals surface area contributed by atoms with E-state index in [0.29, 0.717) is 36.0 Å². The summed E-state index contributed by atoms with van der Waals surface area (Å²) in [5.74, 6) is 0.487. The van der Waals surface area contributed by atoms with Gasteiger partial charge in [-0.2, -0.15) is 5.10 Å². The van der Waals surface area contributed by atoms with Crippen LogP contribution in [0, 0.1) is 0 Å². The second-order valence-electron chi connectivity index (χ2n) is 7.00. The summed E-state index contributed by atoms with van der Waals surface area (Å²) >= 11 is 0. The maximum atomic E-state index is 13.1. The van der Waals surface area contributed by atoms with Crippen molar-refractivity contribution in [3.63, 3.8) is 0 Å². The Kier molecular flexibility index (Phi) is 5.18. The fraction of sp³-hybridized carbons (Fsp3) is 0.286. The lowest BCUT2D eigenvalue weighted by atomic mass is 10.1. The number of amides is 1. The zero-order valence-corrected chi connectivity index (χ0v) is 16.4. The number of benzene rings is 1. The highest BCUT2D eigenvalue weighted by atomic mass is 16.5. The van der Waals surface area contributed by atoms with Gasteiger partial charge in [0, 0.05) is 37.9 Å². The minimum Gasteiger partial charge on any atom is -0.508 e. The molecule has 150 valence electrons. The Bertz CT molecular complexity index is 1010. The molecular weight excluding hydrogens is 370 g/mol. The number of phenols is 1. The summed E-state index contributed by atoms with van der Waals surface area (Å²) in [7, 11) is 3.60. The summed E-state index contributed by atoms with van der Waals surface area (Å²) in [5, 5.41) is 14.3. The molecule has 0 bridgehead atoms. The Labute approximate surface area is 169 Å². The first-order valence-corrected chi connectivity index (χ1v) is 9.43. The van der Waals surface area contributed by atoms with Gasteiger partial charge in [0.1, 0.15) is 11.4 Å². The van der Waals surface area contributed by atoms with Crippen molar-refractivity contribution in [2.24, 2.45) is 0 Å². The number of rotatable bonds is 4. The number of carbonyl (C=O) groups is 1. The minimum absolute atomic E-state index is 0.0975. The second-order valence-corrected chi connectivity index (χ2v) is 7.00. The Morgan fingerprint density at radius 2 is 1.83 bits per heavy atom. The molecule has 3 heterocycles. The molecule has 0 unspecified atom stereocenters. The monoisotopic (exact) mass is 393 g/mol. The average molecular weight is 393 g/mol. The maximum Gasteiger partial charge on any atom is 0.274 e. The van der Waals surface area contributed by atoms with Gasteiger partial charge in [-0.25, -0.2) is 9.67 Å². The van der Waals surface area contributed by atoms with Crippen LogP contribution in [0.5, 0.6) is 11.6 Å². The topological polar surface area (TPSA) is 83.7 Å². The highest BCUT2D eigenvalue weighted by molar-refractivity contribution is 5.93. The third-order valence-corrected chi connectivity index (χ3v) is 5.05. The van der Waals surface area contributed by atoms with E-state index in [9.17, 15) is 9.90 Å². The molecule has 8 nitrogen and oxygen atoms in total. The van der Waals surface area contributed by atoms with Gasteiger partial charge in [0.15, 0.2) is 5.69 Å². The normalized spacial score (nSPS) is 14.8. The van der Waals surface area contributed by atoms with Crippen LogP contribution in [0.3, 0.4) is 0 Å². The van der Waals surface area contributed by atoms with Gasteiger partial charge in [0.05, 0.1) is 12.8 Å². The summed E-state index contributed by atoms with van der Waals surface area (Å²) in [4.78, 5) is 21.4. The fourth-order valence-electron chi connectivity index (χ4n) is 3.38. The molecule has 29 heavy (non-hydrogen) atoms. The van der Waals surface area contributed by atoms with Crippen molar-refractivity contribution in [3.05, 3.63) is 54.4 Å². The first-order chi connectivity index (χ1) is 14.1. The number of aromatic nitrogens is 3. The fourth-order valence-corrected chi connectivity index (χ4v) is 3.38. The first kappa shape index (κ1) is 18.9. The largest absolute Gasteiger partial charge is 0.508 e. The van der Waals surface area contributed by atoms with E-state index in [2.05, 4.69) is 15.0 Å². The lowest BCUT2D eigenvalue weighted by Crippen LogP contribution is -2.47. The van der Waals surface area contributed by atoms with Crippen molar-refractivity contribution >= 4 is 5.91 Å². The number of hydrogen-bond acceptors (Lipinski definition) is 6. The van der Waals surface area contributed by atoms with E-state index in [1.807, 2.05) is 18.0 Å². The molecule has 0 spiro atoms. The van der Waals surface area contributed by atoms with E-state index in [-0.39, 0.29) is 11.7 Å². The minimum atomic E-state index is -0.0975. The number of nitrogens with zero attached hydrogens (tertiary/aromatic N) is 5. The van der Waals surface area contributed by atoms with Crippen molar-refractivity contribution in [3.8, 4) is 28.6 Å². The Balaban J connectivity index is 1.78. The second kappa shape index (κ2) is 7.92. The number of methoxy groups -OCH3 is 1. The standard InChI is InChI=1S/C21H23N5O3/c1-24-10-12-25(13-11-24)21(28)17-14-19(15-5-7-16(27)8-6-15)26(23-17)18-4-3-9-22-20(18)29-2/h3-9,14,27H,10-13H2,1-2H3. The van der Waals surface area contributed by atoms with Crippen LogP contribution >= 0.6 is 0 Å². The van der Waals surface area contributed by atoms with Gasteiger partial charge in [-0.3, -0.25) is 4.79 Å². The molecule has 8 heteroatoms. The molecule has 0 aliphatic carbocycles. The number of aromatic hydroxyl groups is 1. The first-order valence-electron chi connectivity index (χ1n) is 9.43. The van der Waals surface area contributed by atoms with Gasteiger partial charge in [-0.05, 0) is 49.5 Å². The van der Waals surface area contributed by atoms with Crippen LogP contribution in [-0.4, -0.2) is 75.9 Å². The molecule has 0 radical (unpaired) electrons. The average Bonchev–Trinajstić information content (AvgIpc) is 3.19. The van der Waals surface area contributed by atoms with E-state index in [4.69, 9.17) is 4.74 Å². The molecule has 1 aliphatic rings. The number of carbonyl (C=O) groups excluding carboxylic acids is 1. The molecule has 2 aromatic heterocycles. The SMILES string of the molecule is COc1ncccc1-n1nc(C(=O)N2CCN(C)CC2)cc1-c1ccc(O)cc1. The van der Waals surface area contributed by atoms with Crippen LogP contribution in [0.4, 0.5) is 0 Å². The van der Waals surface area contributed by atoms with E-state index in [0.717, 1.165) is 18.7 Å². The van der Waals surface area contributed by atoms with Crippen LogP contribution < -0.4 is 4.74 Å². The molecule has 1 aliphatic heterocycles. The van der Waals surface area contributed by atoms with Crippen molar-refractivity contribution in [1.29, 1.82) is 0 Å². The summed E-state index contributed by atoms with van der Waals surface area (Å²) < 4.78 is 7.06. The molecule has 1 N–H and O–H groups in total. The number of likely N-dealkylation sites (N-methyl/N-ethyl adjacent to an activating group) is 1. The van der Waals surface area contributed by atoms with Crippen molar-refractivity contribution in [1.82, 2.24) is 24.6 Å². The molecule has 1 amide bonds. The predicted molar refractivity (Wildman–Crippen MR) is 108 cm³/mol. The smallest absolute Gasteiger partial charge is 0.274 e. The molecule has 0 saturated carbocycles. The summed E-state index contributed by atoms with van der Waals surface area (Å²) in [6.07, 6.45) is 1.64. The van der Waals surface area contributed by atoms with Crippen LogP contribution in [-0.2, 0) is 0 Å². The molecule has 1 saturated heterocycles. The highest BCUT2D eigenvalue weighted by Gasteiger charge is 2.25. The van der Waals surface area contributed by atoms with Gasteiger partial charge < -0.3 is 19.6 Å². The molecule has 0 atom stereocenters. The van der Waals surface area contributed by atoms with E-state index in [1.165, 1.54) is 0 Å². The van der Waals surface area contributed by atoms with Crippen molar-refractivity contribution < 1.29 is 14.6 Å². The summed E-state index contributed by atoms with van der Waals surface area (Å²) in [6.45, 7) is 3.03. The van der Waals surface area contributed by atoms with Gasteiger partial charge in [0.25, 0.3) is 5.91 Å². The highest BCUT2D eigenvalue weighted by Crippen LogP contribution is 2.29. The predicted octanol–water partition coefficient (Wildman–Crippen LogP) is 2.04. The number of phenolic OH excluding ortho intramolecular Hbond substituents is 1. The van der Waals surface area contributed by atoms with Crippen molar-refractivity contribution in [2.45, 2.75) is 0 Å². The third kappa shape index (κ3) is 3.79. The number of ether oxygens (including phenoxy) is 1. The quantitative estimate of drug-likeness (QED) is 0.730. The Hall–Kier alpha value is -3.39. The summed E-state index contributed by atoms with van der Waals surface area (Å²) in [5.41, 5.74) is 2.53. The number of pyridine rings is 1. The van der Waals surface area contributed by atoms with Crippen LogP contribution in [0.2, 0.25) is 0 Å². The molecule has 3 aromatic rings. The van der Waals surface area contributed by atoms with E-state index in [1.54, 1.807) is 54.4 Å². The van der Waals surface area contributed by atoms with Crippen LogP contribution in [0.15, 0.2) is 48.7 Å². The van der Waals surface area contributed by atoms with Crippen LogP contribution in [0.1, 0.15) is 10.5 Å². The third-order valence-electron chi connectivity index (χ3n) is 5.05. The molecule has 1 aromatic carbocycles. The number of hydrogen-bond donors (Lipinski definition) is 1. The zero-order valence-electron chi connectivity index (χ0n) is 16.4. The van der Waals surface area contributed by atoms with Gasteiger partial charge >= 0.3 is 0 Å². The van der Waals surface area contributed by atoms with Crippen molar-refractivity contribution in [2.75, 3.05) is 40.3 Å². The molecule has 4 rings (SSSR count). The lowest BCUT2D eigenvalue weighted by molar-refractivity contribution is 0.0657. The number of piperazine rings is 1.